The average molecular weight is 413 g/mol. The summed E-state index contributed by atoms with van der Waals surface area (Å²) < 4.78 is 32.6. The molecule has 1 N–H and O–H groups in total. The van der Waals surface area contributed by atoms with Crippen LogP contribution in [0, 0.1) is 0 Å². The number of likely N-dealkylation sites (tertiary alicyclic amines) is 1. The first-order chi connectivity index (χ1) is 14.4. The number of halogens is 2. The molecule has 0 aliphatic carbocycles. The maximum Gasteiger partial charge on any atom is 0.253 e. The van der Waals surface area contributed by atoms with Gasteiger partial charge in [0.25, 0.3) is 17.7 Å². The zero-order valence-corrected chi connectivity index (χ0v) is 16.3. The van der Waals surface area contributed by atoms with Gasteiger partial charge in [0, 0.05) is 49.3 Å². The second-order valence-corrected chi connectivity index (χ2v) is 7.85. The molecule has 1 fully saturated rings. The van der Waals surface area contributed by atoms with E-state index in [1.807, 2.05) is 24.3 Å². The number of carbonyl (C=O) groups excluding carboxylic acids is 2. The van der Waals surface area contributed by atoms with Crippen LogP contribution in [0.15, 0.2) is 36.4 Å². The molecule has 0 radical (unpaired) electrons. The van der Waals surface area contributed by atoms with Gasteiger partial charge in [-0.1, -0.05) is 0 Å². The van der Waals surface area contributed by atoms with Crippen molar-refractivity contribution in [1.82, 2.24) is 10.2 Å². The highest BCUT2D eigenvalue weighted by molar-refractivity contribution is 5.99. The Morgan fingerprint density at radius 1 is 1.07 bits per heavy atom. The highest BCUT2D eigenvalue weighted by Crippen LogP contribution is 2.38. The van der Waals surface area contributed by atoms with Crippen LogP contribution in [0.4, 0.5) is 20.2 Å². The Morgan fingerprint density at radius 3 is 2.67 bits per heavy atom. The van der Waals surface area contributed by atoms with Crippen LogP contribution in [0.25, 0.3) is 0 Å². The van der Waals surface area contributed by atoms with E-state index < -0.39 is 5.92 Å². The maximum atomic E-state index is 13.4. The standard InChI is InChI=1S/C22H21F2N3O3/c23-22(24)5-7-26(8-6-22)21(29)14-1-4-18-19(12-14)30-10-9-27(18)16-2-3-17-15(11-16)13-25-20(17)28/h1-4,11-12H,5-10,13H2,(H,25,28). The summed E-state index contributed by atoms with van der Waals surface area (Å²) >= 11 is 0. The number of hydrogen-bond acceptors (Lipinski definition) is 4. The van der Waals surface area contributed by atoms with Gasteiger partial charge < -0.3 is 19.9 Å². The fourth-order valence-corrected chi connectivity index (χ4v) is 4.23. The van der Waals surface area contributed by atoms with E-state index in [-0.39, 0.29) is 37.7 Å². The van der Waals surface area contributed by atoms with E-state index in [1.165, 1.54) is 4.90 Å². The zero-order chi connectivity index (χ0) is 20.9. The Labute approximate surface area is 172 Å². The summed E-state index contributed by atoms with van der Waals surface area (Å²) in [6, 6.07) is 11.0. The molecule has 6 nitrogen and oxygen atoms in total. The lowest BCUT2D eigenvalue weighted by molar-refractivity contribution is -0.0494. The Balaban J connectivity index is 1.40. The Hall–Kier alpha value is -3.16. The van der Waals surface area contributed by atoms with E-state index in [2.05, 4.69) is 10.2 Å². The van der Waals surface area contributed by atoms with E-state index in [0.29, 0.717) is 36.6 Å². The number of alkyl halides is 2. The van der Waals surface area contributed by atoms with Crippen molar-refractivity contribution in [2.24, 2.45) is 0 Å². The van der Waals surface area contributed by atoms with E-state index in [0.717, 1.165) is 16.9 Å². The number of piperidine rings is 1. The minimum Gasteiger partial charge on any atom is -0.490 e. The molecule has 3 heterocycles. The molecule has 156 valence electrons. The third-order valence-corrected chi connectivity index (χ3v) is 5.94. The number of nitrogens with one attached hydrogen (secondary N) is 1. The van der Waals surface area contributed by atoms with Gasteiger partial charge >= 0.3 is 0 Å². The van der Waals surface area contributed by atoms with Crippen molar-refractivity contribution in [3.8, 4) is 5.75 Å². The Kier molecular flexibility index (Phi) is 4.38. The van der Waals surface area contributed by atoms with Crippen LogP contribution in [0.1, 0.15) is 39.1 Å². The molecular formula is C22H21F2N3O3. The van der Waals surface area contributed by atoms with Crippen LogP contribution >= 0.6 is 0 Å². The molecule has 5 rings (SSSR count). The molecule has 8 heteroatoms. The van der Waals surface area contributed by atoms with Gasteiger partial charge in [-0.15, -0.1) is 0 Å². The monoisotopic (exact) mass is 413 g/mol. The van der Waals surface area contributed by atoms with E-state index in [9.17, 15) is 18.4 Å². The highest BCUT2D eigenvalue weighted by atomic mass is 19.3. The first-order valence-electron chi connectivity index (χ1n) is 10.0. The Morgan fingerprint density at radius 2 is 1.87 bits per heavy atom. The second-order valence-electron chi connectivity index (χ2n) is 7.85. The van der Waals surface area contributed by atoms with E-state index in [4.69, 9.17) is 4.74 Å². The first kappa shape index (κ1) is 18.8. The fraction of sp³-hybridized carbons (Fsp3) is 0.364. The van der Waals surface area contributed by atoms with Crippen LogP contribution in [-0.4, -0.2) is 48.9 Å². The van der Waals surface area contributed by atoms with Gasteiger partial charge in [0.05, 0.1) is 12.2 Å². The summed E-state index contributed by atoms with van der Waals surface area (Å²) in [4.78, 5) is 28.1. The molecule has 30 heavy (non-hydrogen) atoms. The minimum atomic E-state index is -2.69. The van der Waals surface area contributed by atoms with Crippen LogP contribution in [0.3, 0.4) is 0 Å². The van der Waals surface area contributed by atoms with Gasteiger partial charge in [0.1, 0.15) is 12.4 Å². The van der Waals surface area contributed by atoms with Crippen molar-refractivity contribution in [3.05, 3.63) is 53.1 Å². The average Bonchev–Trinajstić information content (AvgIpc) is 3.12. The molecule has 0 aromatic heterocycles. The maximum absolute atomic E-state index is 13.4. The van der Waals surface area contributed by atoms with E-state index >= 15 is 0 Å². The SMILES string of the molecule is O=C1NCc2cc(N3CCOc4cc(C(=O)N5CCC(F)(F)CC5)ccc43)ccc21. The summed E-state index contributed by atoms with van der Waals surface area (Å²) in [6.45, 7) is 1.72. The molecule has 0 unspecified atom stereocenters. The lowest BCUT2D eigenvalue weighted by Crippen LogP contribution is -2.42. The largest absolute Gasteiger partial charge is 0.490 e. The lowest BCUT2D eigenvalue weighted by atomic mass is 10.0. The summed E-state index contributed by atoms with van der Waals surface area (Å²) in [7, 11) is 0. The topological polar surface area (TPSA) is 61.9 Å². The van der Waals surface area contributed by atoms with Crippen LogP contribution in [0.2, 0.25) is 0 Å². The molecule has 2 aromatic carbocycles. The number of rotatable bonds is 2. The van der Waals surface area contributed by atoms with Crippen molar-refractivity contribution >= 4 is 23.2 Å². The number of nitrogens with zero attached hydrogens (tertiary/aromatic N) is 2. The van der Waals surface area contributed by atoms with Crippen molar-refractivity contribution in [2.45, 2.75) is 25.3 Å². The number of fused-ring (bicyclic) bond motifs is 2. The molecular weight excluding hydrogens is 392 g/mol. The number of anilines is 2. The van der Waals surface area contributed by atoms with Crippen molar-refractivity contribution in [1.29, 1.82) is 0 Å². The van der Waals surface area contributed by atoms with Gasteiger partial charge in [-0.25, -0.2) is 8.78 Å². The van der Waals surface area contributed by atoms with Gasteiger partial charge in [-0.3, -0.25) is 9.59 Å². The summed E-state index contributed by atoms with van der Waals surface area (Å²) in [6.07, 6.45) is -0.604. The van der Waals surface area contributed by atoms with E-state index in [1.54, 1.807) is 12.1 Å². The third kappa shape index (κ3) is 3.26. The summed E-state index contributed by atoms with van der Waals surface area (Å²) in [5.74, 6) is -2.41. The van der Waals surface area contributed by atoms with Gasteiger partial charge in [0.2, 0.25) is 0 Å². The minimum absolute atomic E-state index is 0.0534. The van der Waals surface area contributed by atoms with Gasteiger partial charge in [-0.2, -0.15) is 0 Å². The first-order valence-corrected chi connectivity index (χ1v) is 10.0. The molecule has 2 aromatic rings. The summed E-state index contributed by atoms with van der Waals surface area (Å²) in [5.41, 5.74) is 3.87. The van der Waals surface area contributed by atoms with Crippen molar-refractivity contribution in [2.75, 3.05) is 31.1 Å². The number of hydrogen-bond donors (Lipinski definition) is 1. The predicted molar refractivity (Wildman–Crippen MR) is 107 cm³/mol. The molecule has 0 spiro atoms. The predicted octanol–water partition coefficient (Wildman–Crippen LogP) is 3.33. The highest BCUT2D eigenvalue weighted by Gasteiger charge is 2.36. The molecule has 3 aliphatic rings. The molecule has 0 saturated carbocycles. The second kappa shape index (κ2) is 6.97. The lowest BCUT2D eigenvalue weighted by Gasteiger charge is -2.33. The number of benzene rings is 2. The Bertz CT molecular complexity index is 1030. The molecule has 0 bridgehead atoms. The third-order valence-electron chi connectivity index (χ3n) is 5.94. The smallest absolute Gasteiger partial charge is 0.253 e. The fourth-order valence-electron chi connectivity index (χ4n) is 4.23. The normalized spacial score (nSPS) is 19.6. The van der Waals surface area contributed by atoms with Crippen molar-refractivity contribution < 1.29 is 23.1 Å². The molecule has 2 amide bonds. The van der Waals surface area contributed by atoms with Crippen LogP contribution < -0.4 is 15.0 Å². The number of ether oxygens (including phenoxy) is 1. The number of carbonyl (C=O) groups is 2. The quantitative estimate of drug-likeness (QED) is 0.821. The zero-order valence-electron chi connectivity index (χ0n) is 16.3. The van der Waals surface area contributed by atoms with Gasteiger partial charge in [0.15, 0.2) is 0 Å². The molecule has 0 atom stereocenters. The molecule has 3 aliphatic heterocycles. The van der Waals surface area contributed by atoms with Gasteiger partial charge in [-0.05, 0) is 42.0 Å². The summed E-state index contributed by atoms with van der Waals surface area (Å²) in [5, 5.41) is 2.82. The van der Waals surface area contributed by atoms with Crippen molar-refractivity contribution in [3.63, 3.8) is 0 Å². The van der Waals surface area contributed by atoms with Crippen LogP contribution in [0.5, 0.6) is 5.75 Å². The number of amides is 2. The van der Waals surface area contributed by atoms with Crippen LogP contribution in [-0.2, 0) is 6.54 Å². The molecule has 1 saturated heterocycles.